The summed E-state index contributed by atoms with van der Waals surface area (Å²) in [4.78, 5) is 0. The van der Waals surface area contributed by atoms with Crippen molar-refractivity contribution in [1.29, 1.82) is 0 Å². The minimum atomic E-state index is -4.80. The van der Waals surface area contributed by atoms with Crippen LogP contribution in [0, 0.1) is 5.82 Å². The van der Waals surface area contributed by atoms with E-state index in [1.165, 1.54) is 6.07 Å². The molecule has 0 atom stereocenters. The molecule has 1 nitrogen and oxygen atoms in total. The van der Waals surface area contributed by atoms with Gasteiger partial charge in [0.15, 0.2) is 0 Å². The van der Waals surface area contributed by atoms with Crippen molar-refractivity contribution in [3.8, 4) is 5.75 Å². The van der Waals surface area contributed by atoms with E-state index in [0.717, 1.165) is 6.07 Å². The maximum Gasteiger partial charge on any atom is 0.573 e. The zero-order valence-corrected chi connectivity index (χ0v) is 8.32. The van der Waals surface area contributed by atoms with E-state index in [0.29, 0.717) is 6.07 Å². The highest BCUT2D eigenvalue weighted by atomic mass is 79.9. The maximum absolute atomic E-state index is 12.6. The van der Waals surface area contributed by atoms with Gasteiger partial charge < -0.3 is 4.74 Å². The summed E-state index contributed by atoms with van der Waals surface area (Å²) in [5.41, 5.74) is 0.240. The Bertz CT molecular complexity index is 324. The van der Waals surface area contributed by atoms with E-state index >= 15 is 0 Å². The molecule has 0 radical (unpaired) electrons. The van der Waals surface area contributed by atoms with Crippen LogP contribution in [-0.4, -0.2) is 6.36 Å². The number of halogens is 5. The molecule has 0 heterocycles. The Morgan fingerprint density at radius 2 is 1.93 bits per heavy atom. The second-order valence-corrected chi connectivity index (χ2v) is 2.99. The van der Waals surface area contributed by atoms with Crippen molar-refractivity contribution < 1.29 is 22.3 Å². The quantitative estimate of drug-likeness (QED) is 0.590. The molecule has 1 rings (SSSR count). The number of rotatable bonds is 2. The van der Waals surface area contributed by atoms with Crippen molar-refractivity contribution in [1.82, 2.24) is 0 Å². The summed E-state index contributed by atoms with van der Waals surface area (Å²) in [5, 5.41) is 0.165. The van der Waals surface area contributed by atoms with Gasteiger partial charge in [0.25, 0.3) is 0 Å². The molecule has 6 heteroatoms. The van der Waals surface area contributed by atoms with Crippen molar-refractivity contribution in [3.63, 3.8) is 0 Å². The van der Waals surface area contributed by atoms with Gasteiger partial charge in [0.2, 0.25) is 0 Å². The van der Waals surface area contributed by atoms with Crippen LogP contribution in [-0.2, 0) is 5.33 Å². The minimum absolute atomic E-state index is 0.165. The average molecular weight is 273 g/mol. The summed E-state index contributed by atoms with van der Waals surface area (Å²) in [6, 6.07) is 3.00. The first-order valence-corrected chi connectivity index (χ1v) is 4.64. The molecule has 0 unspecified atom stereocenters. The summed E-state index contributed by atoms with van der Waals surface area (Å²) >= 11 is 2.97. The second-order valence-electron chi connectivity index (χ2n) is 2.43. The summed E-state index contributed by atoms with van der Waals surface area (Å²) in [7, 11) is 0. The predicted molar refractivity (Wildman–Crippen MR) is 45.7 cm³/mol. The van der Waals surface area contributed by atoms with Crippen LogP contribution < -0.4 is 4.74 Å². The topological polar surface area (TPSA) is 9.23 Å². The van der Waals surface area contributed by atoms with Gasteiger partial charge >= 0.3 is 6.36 Å². The number of benzene rings is 1. The molecule has 0 amide bonds. The van der Waals surface area contributed by atoms with E-state index in [-0.39, 0.29) is 10.9 Å². The van der Waals surface area contributed by atoms with Crippen LogP contribution in [0.1, 0.15) is 5.56 Å². The SMILES string of the molecule is Fc1ccc(CBr)c(OC(F)(F)F)c1. The molecule has 0 spiro atoms. The third kappa shape index (κ3) is 3.17. The molecular formula is C8H5BrF4O. The molecule has 0 aromatic heterocycles. The molecule has 0 aliphatic rings. The molecule has 1 aromatic rings. The Kier molecular flexibility index (Phi) is 3.36. The largest absolute Gasteiger partial charge is 0.573 e. The van der Waals surface area contributed by atoms with E-state index in [4.69, 9.17) is 0 Å². The molecule has 0 aliphatic heterocycles. The fourth-order valence-corrected chi connectivity index (χ4v) is 1.32. The molecule has 0 N–H and O–H groups in total. The van der Waals surface area contributed by atoms with Gasteiger partial charge in [-0.3, -0.25) is 0 Å². The molecule has 1 aromatic carbocycles. The Hall–Kier alpha value is -0.780. The fraction of sp³-hybridized carbons (Fsp3) is 0.250. The first kappa shape index (κ1) is 11.3. The van der Waals surface area contributed by atoms with Crippen LogP contribution in [0.2, 0.25) is 0 Å². The van der Waals surface area contributed by atoms with Gasteiger partial charge in [-0.2, -0.15) is 0 Å². The van der Waals surface area contributed by atoms with Crippen molar-refractivity contribution in [2.45, 2.75) is 11.7 Å². The van der Waals surface area contributed by atoms with Crippen molar-refractivity contribution >= 4 is 15.9 Å². The van der Waals surface area contributed by atoms with Gasteiger partial charge in [-0.1, -0.05) is 22.0 Å². The summed E-state index contributed by atoms with van der Waals surface area (Å²) < 4.78 is 51.7. The highest BCUT2D eigenvalue weighted by molar-refractivity contribution is 9.08. The summed E-state index contributed by atoms with van der Waals surface area (Å²) in [6.45, 7) is 0. The normalized spacial score (nSPS) is 11.5. The van der Waals surface area contributed by atoms with Gasteiger partial charge in [0.05, 0.1) is 0 Å². The molecule has 78 valence electrons. The number of hydrogen-bond acceptors (Lipinski definition) is 1. The monoisotopic (exact) mass is 272 g/mol. The molecule has 0 fully saturated rings. The van der Waals surface area contributed by atoms with E-state index in [1.54, 1.807) is 0 Å². The lowest BCUT2D eigenvalue weighted by Gasteiger charge is -2.11. The molecule has 14 heavy (non-hydrogen) atoms. The van der Waals surface area contributed by atoms with Crippen molar-refractivity contribution in [2.75, 3.05) is 0 Å². The summed E-state index contributed by atoms with van der Waals surface area (Å²) in [6.07, 6.45) is -4.80. The smallest absolute Gasteiger partial charge is 0.405 e. The predicted octanol–water partition coefficient (Wildman–Crippen LogP) is 3.62. The van der Waals surface area contributed by atoms with Gasteiger partial charge in [0, 0.05) is 17.0 Å². The summed E-state index contributed by atoms with van der Waals surface area (Å²) in [5.74, 6) is -1.29. The number of hydrogen-bond donors (Lipinski definition) is 0. The molecule has 0 aliphatic carbocycles. The number of ether oxygens (including phenoxy) is 1. The molecular weight excluding hydrogens is 268 g/mol. The zero-order chi connectivity index (χ0) is 10.8. The van der Waals surface area contributed by atoms with E-state index < -0.39 is 17.9 Å². The zero-order valence-electron chi connectivity index (χ0n) is 6.74. The van der Waals surface area contributed by atoms with Crippen molar-refractivity contribution in [2.24, 2.45) is 0 Å². The van der Waals surface area contributed by atoms with Gasteiger partial charge in [0.1, 0.15) is 11.6 Å². The van der Waals surface area contributed by atoms with Crippen LogP contribution in [0.5, 0.6) is 5.75 Å². The highest BCUT2D eigenvalue weighted by Crippen LogP contribution is 2.28. The number of alkyl halides is 4. The average Bonchev–Trinajstić information content (AvgIpc) is 2.01. The first-order valence-electron chi connectivity index (χ1n) is 3.52. The Morgan fingerprint density at radius 3 is 2.43 bits per heavy atom. The first-order chi connectivity index (χ1) is 6.42. The van der Waals surface area contributed by atoms with Gasteiger partial charge in [-0.25, -0.2) is 4.39 Å². The minimum Gasteiger partial charge on any atom is -0.405 e. The third-order valence-electron chi connectivity index (χ3n) is 1.40. The van der Waals surface area contributed by atoms with Crippen LogP contribution in [0.3, 0.4) is 0 Å². The Morgan fingerprint density at radius 1 is 1.29 bits per heavy atom. The standard InChI is InChI=1S/C8H5BrF4O/c9-4-5-1-2-6(10)3-7(5)14-8(11,12)13/h1-3H,4H2. The lowest BCUT2D eigenvalue weighted by atomic mass is 10.2. The van der Waals surface area contributed by atoms with E-state index in [1.807, 2.05) is 0 Å². The molecule has 0 saturated carbocycles. The van der Waals surface area contributed by atoms with Gasteiger partial charge in [-0.15, -0.1) is 13.2 Å². The van der Waals surface area contributed by atoms with Crippen LogP contribution in [0.25, 0.3) is 0 Å². The van der Waals surface area contributed by atoms with Gasteiger partial charge in [-0.05, 0) is 6.07 Å². The second kappa shape index (κ2) is 4.16. The van der Waals surface area contributed by atoms with Crippen molar-refractivity contribution in [3.05, 3.63) is 29.6 Å². The van der Waals surface area contributed by atoms with E-state index in [9.17, 15) is 17.6 Å². The Labute approximate surface area is 85.8 Å². The molecule has 0 saturated heterocycles. The van der Waals surface area contributed by atoms with E-state index in [2.05, 4.69) is 20.7 Å². The lowest BCUT2D eigenvalue weighted by Crippen LogP contribution is -2.18. The van der Waals surface area contributed by atoms with Crippen LogP contribution in [0.15, 0.2) is 18.2 Å². The van der Waals surface area contributed by atoms with Crippen LogP contribution in [0.4, 0.5) is 17.6 Å². The lowest BCUT2D eigenvalue weighted by molar-refractivity contribution is -0.274. The maximum atomic E-state index is 12.6. The Balaban J connectivity index is 2.99. The highest BCUT2D eigenvalue weighted by Gasteiger charge is 2.32. The molecule has 0 bridgehead atoms. The third-order valence-corrected chi connectivity index (χ3v) is 2.00. The van der Waals surface area contributed by atoms with Crippen LogP contribution >= 0.6 is 15.9 Å². The fourth-order valence-electron chi connectivity index (χ4n) is 0.858.